The maximum absolute atomic E-state index is 9.93. The van der Waals surface area contributed by atoms with E-state index in [1.807, 2.05) is 0 Å². The first-order valence-corrected chi connectivity index (χ1v) is 6.10. The number of nitrogens with zero attached hydrogens (tertiary/aromatic N) is 1. The lowest BCUT2D eigenvalue weighted by atomic mass is 10.0. The lowest BCUT2D eigenvalue weighted by molar-refractivity contribution is 0.105. The Balaban J connectivity index is 2.66. The highest BCUT2D eigenvalue weighted by Crippen LogP contribution is 2.42. The summed E-state index contributed by atoms with van der Waals surface area (Å²) in [5, 5.41) is 19.1. The molecule has 104 valence electrons. The lowest BCUT2D eigenvalue weighted by Crippen LogP contribution is -1.97. The number of ether oxygens (including phenoxy) is 3. The van der Waals surface area contributed by atoms with Gasteiger partial charge in [0, 0.05) is 11.1 Å². The zero-order valence-corrected chi connectivity index (χ0v) is 11.6. The van der Waals surface area contributed by atoms with Gasteiger partial charge >= 0.3 is 0 Å². The van der Waals surface area contributed by atoms with E-state index in [4.69, 9.17) is 14.2 Å². The van der Waals surface area contributed by atoms with Gasteiger partial charge in [-0.3, -0.25) is 0 Å². The molecule has 0 saturated heterocycles. The van der Waals surface area contributed by atoms with Crippen LogP contribution in [0.4, 0.5) is 0 Å². The third kappa shape index (κ3) is 2.16. The standard InChI is InChI=1S/C15H15NO4/c1-4-20-15(17)12-5-9(8-16)10-6-13(18-2)14(19-3)7-11(10)12/h5-7,17H,4H2,1-3H3/b15-12+. The van der Waals surface area contributed by atoms with Gasteiger partial charge in [0.25, 0.3) is 5.95 Å². The van der Waals surface area contributed by atoms with Crippen molar-refractivity contribution >= 4 is 11.1 Å². The molecule has 0 amide bonds. The third-order valence-electron chi connectivity index (χ3n) is 3.02. The second-order valence-electron chi connectivity index (χ2n) is 4.07. The van der Waals surface area contributed by atoms with Gasteiger partial charge in [-0.1, -0.05) is 0 Å². The Morgan fingerprint density at radius 1 is 1.20 bits per heavy atom. The number of aliphatic hydroxyl groups is 1. The molecule has 1 aliphatic carbocycles. The van der Waals surface area contributed by atoms with Gasteiger partial charge in [-0.2, -0.15) is 5.26 Å². The molecule has 0 fully saturated rings. The van der Waals surface area contributed by atoms with Gasteiger partial charge in [0.2, 0.25) is 0 Å². The van der Waals surface area contributed by atoms with Crippen molar-refractivity contribution < 1.29 is 19.3 Å². The fourth-order valence-electron chi connectivity index (χ4n) is 2.11. The molecule has 0 aromatic heterocycles. The van der Waals surface area contributed by atoms with Gasteiger partial charge in [0.1, 0.15) is 0 Å². The van der Waals surface area contributed by atoms with Crippen molar-refractivity contribution in [1.82, 2.24) is 0 Å². The average molecular weight is 273 g/mol. The number of hydrogen-bond acceptors (Lipinski definition) is 5. The third-order valence-corrected chi connectivity index (χ3v) is 3.02. The number of rotatable bonds is 4. The predicted octanol–water partition coefficient (Wildman–Crippen LogP) is 2.89. The van der Waals surface area contributed by atoms with Crippen LogP contribution >= 0.6 is 0 Å². The van der Waals surface area contributed by atoms with E-state index in [0.717, 1.165) is 0 Å². The second kappa shape index (κ2) is 5.57. The molecule has 1 aromatic rings. The molecule has 0 radical (unpaired) electrons. The number of fused-ring (bicyclic) bond motifs is 1. The molecule has 1 aliphatic rings. The van der Waals surface area contributed by atoms with Gasteiger partial charge in [0.15, 0.2) is 11.5 Å². The lowest BCUT2D eigenvalue weighted by Gasteiger charge is -2.11. The van der Waals surface area contributed by atoms with Crippen molar-refractivity contribution in [3.8, 4) is 17.6 Å². The van der Waals surface area contributed by atoms with E-state index >= 15 is 0 Å². The Morgan fingerprint density at radius 2 is 1.80 bits per heavy atom. The summed E-state index contributed by atoms with van der Waals surface area (Å²) in [5.74, 6) is 0.858. The molecule has 0 bridgehead atoms. The van der Waals surface area contributed by atoms with Crippen LogP contribution in [-0.2, 0) is 4.74 Å². The normalized spacial score (nSPS) is 15.0. The molecule has 0 heterocycles. The smallest absolute Gasteiger partial charge is 0.284 e. The number of aliphatic hydroxyl groups excluding tert-OH is 1. The van der Waals surface area contributed by atoms with Crippen LogP contribution in [0, 0.1) is 11.3 Å². The van der Waals surface area contributed by atoms with Crippen LogP contribution in [0.1, 0.15) is 18.1 Å². The highest BCUT2D eigenvalue weighted by molar-refractivity contribution is 6.01. The maximum Gasteiger partial charge on any atom is 0.284 e. The summed E-state index contributed by atoms with van der Waals surface area (Å²) in [6.45, 7) is 2.11. The minimum Gasteiger partial charge on any atom is -0.493 e. The van der Waals surface area contributed by atoms with Crippen molar-refractivity contribution in [2.45, 2.75) is 6.92 Å². The molecule has 20 heavy (non-hydrogen) atoms. The first kappa shape index (κ1) is 13.8. The van der Waals surface area contributed by atoms with Crippen molar-refractivity contribution in [1.29, 1.82) is 5.26 Å². The molecule has 0 atom stereocenters. The van der Waals surface area contributed by atoms with Gasteiger partial charge < -0.3 is 19.3 Å². The highest BCUT2D eigenvalue weighted by atomic mass is 16.6. The zero-order chi connectivity index (χ0) is 14.7. The van der Waals surface area contributed by atoms with Gasteiger partial charge in [-0.25, -0.2) is 0 Å². The Morgan fingerprint density at radius 3 is 2.30 bits per heavy atom. The van der Waals surface area contributed by atoms with E-state index in [1.54, 1.807) is 25.1 Å². The number of methoxy groups -OCH3 is 2. The fourth-order valence-corrected chi connectivity index (χ4v) is 2.11. The minimum absolute atomic E-state index is 0.203. The first-order chi connectivity index (χ1) is 9.65. The first-order valence-electron chi connectivity index (χ1n) is 6.10. The van der Waals surface area contributed by atoms with E-state index in [2.05, 4.69) is 6.07 Å². The van der Waals surface area contributed by atoms with E-state index in [0.29, 0.717) is 40.4 Å². The summed E-state index contributed by atoms with van der Waals surface area (Å²) in [4.78, 5) is 0. The van der Waals surface area contributed by atoms with Crippen LogP contribution in [-0.4, -0.2) is 25.9 Å². The SMILES string of the molecule is CCO/C(O)=C1\C=C(C#N)c2cc(OC)c(OC)cc21. The summed E-state index contributed by atoms with van der Waals surface area (Å²) in [6, 6.07) is 5.54. The van der Waals surface area contributed by atoms with E-state index in [9.17, 15) is 10.4 Å². The molecular weight excluding hydrogens is 258 g/mol. The molecule has 0 saturated carbocycles. The molecule has 1 aromatic carbocycles. The Bertz CT molecular complexity index is 638. The van der Waals surface area contributed by atoms with Crippen molar-refractivity contribution in [3.05, 3.63) is 35.3 Å². The highest BCUT2D eigenvalue weighted by Gasteiger charge is 2.25. The monoisotopic (exact) mass is 273 g/mol. The molecule has 1 N–H and O–H groups in total. The molecule has 0 aliphatic heterocycles. The quantitative estimate of drug-likeness (QED) is 0.854. The fraction of sp³-hybridized carbons (Fsp3) is 0.267. The summed E-state index contributed by atoms with van der Waals surface area (Å²) in [6.07, 6.45) is 1.59. The topological polar surface area (TPSA) is 71.7 Å². The summed E-state index contributed by atoms with van der Waals surface area (Å²) in [7, 11) is 3.06. The van der Waals surface area contributed by atoms with Crippen LogP contribution < -0.4 is 9.47 Å². The molecule has 0 unspecified atom stereocenters. The summed E-state index contributed by atoms with van der Waals surface area (Å²) in [5.41, 5.74) is 2.29. The van der Waals surface area contributed by atoms with Crippen LogP contribution in [0.2, 0.25) is 0 Å². The van der Waals surface area contributed by atoms with E-state index < -0.39 is 0 Å². The minimum atomic E-state index is -0.203. The molecular formula is C15H15NO4. The van der Waals surface area contributed by atoms with Crippen molar-refractivity contribution in [3.63, 3.8) is 0 Å². The number of hydrogen-bond donors (Lipinski definition) is 1. The number of allylic oxidation sites excluding steroid dienone is 3. The second-order valence-corrected chi connectivity index (χ2v) is 4.07. The van der Waals surface area contributed by atoms with Crippen LogP contribution in [0.3, 0.4) is 0 Å². The van der Waals surface area contributed by atoms with Crippen molar-refractivity contribution in [2.75, 3.05) is 20.8 Å². The van der Waals surface area contributed by atoms with Crippen molar-refractivity contribution in [2.24, 2.45) is 0 Å². The largest absolute Gasteiger partial charge is 0.493 e. The van der Waals surface area contributed by atoms with E-state index in [1.165, 1.54) is 14.2 Å². The number of nitriles is 1. The van der Waals surface area contributed by atoms with Gasteiger partial charge in [0.05, 0.1) is 38.0 Å². The Kier molecular flexibility index (Phi) is 3.85. The molecule has 5 heteroatoms. The predicted molar refractivity (Wildman–Crippen MR) is 74.3 cm³/mol. The molecule has 2 rings (SSSR count). The zero-order valence-electron chi connectivity index (χ0n) is 11.6. The number of benzene rings is 1. The average Bonchev–Trinajstić information content (AvgIpc) is 2.83. The Labute approximate surface area is 117 Å². The molecule has 0 spiro atoms. The van der Waals surface area contributed by atoms with Gasteiger partial charge in [-0.15, -0.1) is 0 Å². The van der Waals surface area contributed by atoms with Crippen LogP contribution in [0.25, 0.3) is 11.1 Å². The Hall–Kier alpha value is -2.61. The summed E-state index contributed by atoms with van der Waals surface area (Å²) < 4.78 is 15.6. The van der Waals surface area contributed by atoms with Gasteiger partial charge in [-0.05, 0) is 25.1 Å². The van der Waals surface area contributed by atoms with E-state index in [-0.39, 0.29) is 5.95 Å². The molecule has 5 nitrogen and oxygen atoms in total. The van der Waals surface area contributed by atoms with Crippen LogP contribution in [0.15, 0.2) is 24.2 Å². The maximum atomic E-state index is 9.93. The van der Waals surface area contributed by atoms with Crippen LogP contribution in [0.5, 0.6) is 11.5 Å². The summed E-state index contributed by atoms with van der Waals surface area (Å²) >= 11 is 0.